The van der Waals surface area contributed by atoms with E-state index in [0.717, 1.165) is 15.7 Å². The Morgan fingerprint density at radius 1 is 0.963 bits per heavy atom. The number of hydrogen-bond acceptors (Lipinski definition) is 4. The summed E-state index contributed by atoms with van der Waals surface area (Å²) >= 11 is 1.74. The lowest BCUT2D eigenvalue weighted by Gasteiger charge is -2.06. The van der Waals surface area contributed by atoms with Crippen LogP contribution in [0.5, 0.6) is 0 Å². The molecule has 0 atom stereocenters. The first-order chi connectivity index (χ1) is 13.2. The Morgan fingerprint density at radius 3 is 2.44 bits per heavy atom. The molecule has 0 bridgehead atoms. The van der Waals surface area contributed by atoms with Gasteiger partial charge in [0.2, 0.25) is 0 Å². The molecule has 0 saturated carbocycles. The monoisotopic (exact) mass is 369 g/mol. The highest BCUT2D eigenvalue weighted by Crippen LogP contribution is 2.18. The summed E-state index contributed by atoms with van der Waals surface area (Å²) in [7, 11) is 0. The summed E-state index contributed by atoms with van der Waals surface area (Å²) in [5, 5.41) is 2.44. The first kappa shape index (κ1) is 17.3. The highest BCUT2D eigenvalue weighted by molar-refractivity contribution is 7.17. The molecule has 132 valence electrons. The summed E-state index contributed by atoms with van der Waals surface area (Å²) in [4.78, 5) is 13.9. The number of allylic oxidation sites excluding steroid dienone is 1. The smallest absolute Gasteiger partial charge is 0.165 e. The van der Waals surface area contributed by atoms with Crippen molar-refractivity contribution in [3.8, 4) is 11.4 Å². The molecule has 0 aliphatic rings. The van der Waals surface area contributed by atoms with Crippen molar-refractivity contribution in [3.63, 3.8) is 0 Å². The minimum absolute atomic E-state index is 0.658. The van der Waals surface area contributed by atoms with Crippen LogP contribution in [0.15, 0.2) is 67.3 Å². The summed E-state index contributed by atoms with van der Waals surface area (Å²) < 4.78 is 2.38. The molecule has 3 nitrogen and oxygen atoms in total. The lowest BCUT2D eigenvalue weighted by molar-refractivity contribution is 0.962. The Morgan fingerprint density at radius 2 is 1.70 bits per heavy atom. The van der Waals surface area contributed by atoms with E-state index < -0.39 is 0 Å². The van der Waals surface area contributed by atoms with Crippen LogP contribution in [-0.2, 0) is 0 Å². The molecule has 0 aliphatic carbocycles. The Bertz CT molecular complexity index is 1250. The van der Waals surface area contributed by atoms with Crippen LogP contribution in [-0.4, -0.2) is 15.0 Å². The van der Waals surface area contributed by atoms with Crippen molar-refractivity contribution in [2.45, 2.75) is 13.8 Å². The van der Waals surface area contributed by atoms with Crippen molar-refractivity contribution in [2.24, 2.45) is 0 Å². The van der Waals surface area contributed by atoms with Gasteiger partial charge in [0.15, 0.2) is 11.6 Å². The molecule has 4 heteroatoms. The zero-order chi connectivity index (χ0) is 18.8. The summed E-state index contributed by atoms with van der Waals surface area (Å²) in [6, 6.07) is 18.4. The summed E-state index contributed by atoms with van der Waals surface area (Å²) in [6.45, 7) is 8.01. The molecule has 2 heterocycles. The number of fused-ring (bicyclic) bond motifs is 1. The molecule has 0 aliphatic heterocycles. The number of benzene rings is 2. The van der Waals surface area contributed by atoms with Gasteiger partial charge >= 0.3 is 0 Å². The molecule has 2 aromatic carbocycles. The van der Waals surface area contributed by atoms with E-state index in [2.05, 4.69) is 53.8 Å². The van der Waals surface area contributed by atoms with Crippen molar-refractivity contribution in [1.29, 1.82) is 0 Å². The molecule has 4 aromatic rings. The Hall–Kier alpha value is -3.11. The maximum Gasteiger partial charge on any atom is 0.165 e. The third-order valence-electron chi connectivity index (χ3n) is 4.39. The molecule has 0 radical (unpaired) electrons. The molecular formula is C23H19N3S. The van der Waals surface area contributed by atoms with Gasteiger partial charge in [-0.05, 0) is 30.5 Å². The average Bonchev–Trinajstić information content (AvgIpc) is 3.07. The van der Waals surface area contributed by atoms with Crippen molar-refractivity contribution in [2.75, 3.05) is 0 Å². The second kappa shape index (κ2) is 7.25. The predicted molar refractivity (Wildman–Crippen MR) is 114 cm³/mol. The molecule has 2 aromatic heterocycles. The number of aryl methyl sites for hydroxylation is 1. The van der Waals surface area contributed by atoms with E-state index in [-0.39, 0.29) is 0 Å². The largest absolute Gasteiger partial charge is 0.213 e. The van der Waals surface area contributed by atoms with Gasteiger partial charge in [0.05, 0.1) is 0 Å². The Labute approximate surface area is 162 Å². The van der Waals surface area contributed by atoms with E-state index in [9.17, 15) is 0 Å². The lowest BCUT2D eigenvalue weighted by Crippen LogP contribution is -2.22. The van der Waals surface area contributed by atoms with Crippen LogP contribution in [0.1, 0.15) is 18.6 Å². The van der Waals surface area contributed by atoms with Gasteiger partial charge < -0.3 is 0 Å². The van der Waals surface area contributed by atoms with Gasteiger partial charge in [0.25, 0.3) is 0 Å². The number of aromatic nitrogens is 3. The van der Waals surface area contributed by atoms with E-state index in [4.69, 9.17) is 4.98 Å². The average molecular weight is 369 g/mol. The van der Waals surface area contributed by atoms with Crippen LogP contribution in [0.2, 0.25) is 0 Å². The van der Waals surface area contributed by atoms with E-state index >= 15 is 0 Å². The quantitative estimate of drug-likeness (QED) is 0.542. The maximum atomic E-state index is 4.76. The fraction of sp³-hybridized carbons (Fsp3) is 0.0870. The van der Waals surface area contributed by atoms with Gasteiger partial charge in [0.1, 0.15) is 5.82 Å². The summed E-state index contributed by atoms with van der Waals surface area (Å²) in [5.41, 5.74) is 1.92. The fourth-order valence-corrected chi connectivity index (χ4v) is 4.43. The van der Waals surface area contributed by atoms with Gasteiger partial charge in [-0.25, -0.2) is 15.0 Å². The Balaban J connectivity index is 2.04. The number of thiophene rings is 1. The van der Waals surface area contributed by atoms with Gasteiger partial charge in [-0.3, -0.25) is 0 Å². The van der Waals surface area contributed by atoms with Crippen LogP contribution >= 0.6 is 11.3 Å². The first-order valence-electron chi connectivity index (χ1n) is 8.80. The molecule has 0 N–H and O–H groups in total. The maximum absolute atomic E-state index is 4.76. The van der Waals surface area contributed by atoms with Crippen LogP contribution in [0.3, 0.4) is 0 Å². The van der Waals surface area contributed by atoms with Crippen molar-refractivity contribution in [3.05, 3.63) is 88.7 Å². The molecule has 0 unspecified atom stereocenters. The highest BCUT2D eigenvalue weighted by Gasteiger charge is 2.11. The van der Waals surface area contributed by atoms with Crippen molar-refractivity contribution < 1.29 is 0 Å². The minimum atomic E-state index is 0.658. The van der Waals surface area contributed by atoms with E-state index in [1.165, 1.54) is 15.3 Å². The number of rotatable bonds is 3. The SMILES string of the molecule is C=CC(c1nc(C)nc(-c2ccccc2)n1)=c1sc2ccccc2c1=CC. The second-order valence-corrected chi connectivity index (χ2v) is 7.20. The van der Waals surface area contributed by atoms with Gasteiger partial charge in [-0.15, -0.1) is 11.3 Å². The molecule has 0 amide bonds. The normalized spacial score (nSPS) is 13.0. The second-order valence-electron chi connectivity index (χ2n) is 6.14. The molecule has 0 spiro atoms. The van der Waals surface area contributed by atoms with Crippen molar-refractivity contribution >= 4 is 33.1 Å². The molecule has 4 rings (SSSR count). The van der Waals surface area contributed by atoms with Gasteiger partial charge in [-0.2, -0.15) is 0 Å². The van der Waals surface area contributed by atoms with Gasteiger partial charge in [-0.1, -0.05) is 67.3 Å². The predicted octanol–water partition coefficient (Wildman–Crippen LogP) is 4.25. The van der Waals surface area contributed by atoms with Crippen LogP contribution in [0.25, 0.3) is 33.1 Å². The molecule has 27 heavy (non-hydrogen) atoms. The first-order valence-corrected chi connectivity index (χ1v) is 9.62. The molecular weight excluding hydrogens is 350 g/mol. The van der Waals surface area contributed by atoms with E-state index in [1.54, 1.807) is 11.3 Å². The standard InChI is InChI=1S/C23H19N3S/c1-4-17-19-13-9-10-14-20(19)27-21(17)18(5-2)23-25-15(3)24-22(26-23)16-11-7-6-8-12-16/h4-14H,2H2,1,3H3. The topological polar surface area (TPSA) is 38.7 Å². The fourth-order valence-electron chi connectivity index (χ4n) is 3.16. The molecule has 0 fully saturated rings. The number of nitrogens with zero attached hydrogens (tertiary/aromatic N) is 3. The van der Waals surface area contributed by atoms with Gasteiger partial charge in [0, 0.05) is 20.4 Å². The lowest BCUT2D eigenvalue weighted by atomic mass is 10.1. The van der Waals surface area contributed by atoms with E-state index in [1.807, 2.05) is 43.3 Å². The van der Waals surface area contributed by atoms with Crippen LogP contribution in [0, 0.1) is 6.92 Å². The van der Waals surface area contributed by atoms with E-state index in [0.29, 0.717) is 17.5 Å². The highest BCUT2D eigenvalue weighted by atomic mass is 32.1. The summed E-state index contributed by atoms with van der Waals surface area (Å²) in [5.74, 6) is 2.04. The zero-order valence-corrected chi connectivity index (χ0v) is 16.1. The van der Waals surface area contributed by atoms with Crippen molar-refractivity contribution in [1.82, 2.24) is 15.0 Å². The molecule has 0 saturated heterocycles. The third-order valence-corrected chi connectivity index (χ3v) is 5.61. The minimum Gasteiger partial charge on any atom is -0.213 e. The van der Waals surface area contributed by atoms with Crippen LogP contribution in [0.4, 0.5) is 0 Å². The Kier molecular flexibility index (Phi) is 4.65. The summed E-state index contributed by atoms with van der Waals surface area (Å²) in [6.07, 6.45) is 3.99. The zero-order valence-electron chi connectivity index (χ0n) is 15.3. The van der Waals surface area contributed by atoms with Crippen LogP contribution < -0.4 is 9.75 Å². The number of hydrogen-bond donors (Lipinski definition) is 0. The third kappa shape index (κ3) is 3.20.